The Balaban J connectivity index is 0.00000338. The van der Waals surface area contributed by atoms with E-state index in [2.05, 4.69) is 53.5 Å². The van der Waals surface area contributed by atoms with Crippen molar-refractivity contribution in [2.75, 3.05) is 20.2 Å². The van der Waals surface area contributed by atoms with Crippen molar-refractivity contribution < 1.29 is 4.74 Å². The van der Waals surface area contributed by atoms with Gasteiger partial charge in [-0.1, -0.05) is 26.0 Å². The van der Waals surface area contributed by atoms with Crippen LogP contribution in [0.4, 0.5) is 0 Å². The molecule has 0 aliphatic carbocycles. The molecule has 0 spiro atoms. The molecule has 2 N–H and O–H groups in total. The number of halogens is 1. The summed E-state index contributed by atoms with van der Waals surface area (Å²) in [6.45, 7) is 8.77. The summed E-state index contributed by atoms with van der Waals surface area (Å²) in [6, 6.07) is 8.37. The minimum atomic E-state index is 0. The maximum atomic E-state index is 5.73. The average Bonchev–Trinajstić information content (AvgIpc) is 3.12. The van der Waals surface area contributed by atoms with Gasteiger partial charge in [-0.05, 0) is 30.5 Å². The molecule has 0 aliphatic rings. The van der Waals surface area contributed by atoms with Gasteiger partial charge in [-0.2, -0.15) is 0 Å². The maximum absolute atomic E-state index is 5.73. The lowest BCUT2D eigenvalue weighted by atomic mass is 10.1. The number of imidazole rings is 1. The highest BCUT2D eigenvalue weighted by Gasteiger charge is 2.08. The minimum absolute atomic E-state index is 0. The molecule has 2 rings (SSSR count). The number of rotatable bonds is 8. The molecule has 6 nitrogen and oxygen atoms in total. The van der Waals surface area contributed by atoms with Crippen molar-refractivity contribution in [2.45, 2.75) is 33.4 Å². The molecule has 144 valence electrons. The molecule has 1 atom stereocenters. The molecule has 26 heavy (non-hydrogen) atoms. The molecule has 7 heteroatoms. The van der Waals surface area contributed by atoms with Gasteiger partial charge in [0.15, 0.2) is 5.96 Å². The number of aliphatic imine (C=N–C) groups is 1. The standard InChI is InChI=1S/C19H29N5O.HI/c1-15(2)13-25-18-7-5-17(6-8-18)16(3)23-19(20-4)22-10-12-24-11-9-21-14-24;/h5-9,11,14-16H,10,12-13H2,1-4H3,(H2,20,22,23);1H. The van der Waals surface area contributed by atoms with Gasteiger partial charge in [0.05, 0.1) is 19.0 Å². The van der Waals surface area contributed by atoms with E-state index in [-0.39, 0.29) is 30.0 Å². The molecule has 1 heterocycles. The Bertz CT molecular complexity index is 640. The lowest BCUT2D eigenvalue weighted by Crippen LogP contribution is -2.40. The van der Waals surface area contributed by atoms with Crippen LogP contribution in [0.1, 0.15) is 32.4 Å². The lowest BCUT2D eigenvalue weighted by Gasteiger charge is -2.19. The van der Waals surface area contributed by atoms with E-state index in [0.717, 1.165) is 31.4 Å². The molecular weight excluding hydrogens is 441 g/mol. The number of hydrogen-bond donors (Lipinski definition) is 2. The summed E-state index contributed by atoms with van der Waals surface area (Å²) in [5, 5.41) is 6.72. The number of nitrogens with zero attached hydrogens (tertiary/aromatic N) is 3. The van der Waals surface area contributed by atoms with Crippen LogP contribution in [0, 0.1) is 5.92 Å². The topological polar surface area (TPSA) is 63.5 Å². The van der Waals surface area contributed by atoms with Crippen molar-refractivity contribution in [1.29, 1.82) is 0 Å². The Kier molecular flexibility index (Phi) is 10.1. The Morgan fingerprint density at radius 2 is 1.96 bits per heavy atom. The van der Waals surface area contributed by atoms with Crippen LogP contribution in [0.5, 0.6) is 5.75 Å². The second kappa shape index (κ2) is 11.8. The zero-order valence-electron chi connectivity index (χ0n) is 16.0. The molecule has 2 aromatic rings. The van der Waals surface area contributed by atoms with E-state index < -0.39 is 0 Å². The van der Waals surface area contributed by atoms with Gasteiger partial charge in [0, 0.05) is 32.5 Å². The van der Waals surface area contributed by atoms with Gasteiger partial charge in [0.25, 0.3) is 0 Å². The lowest BCUT2D eigenvalue weighted by molar-refractivity contribution is 0.271. The number of ether oxygens (including phenoxy) is 1. The van der Waals surface area contributed by atoms with Crippen LogP contribution in [-0.4, -0.2) is 35.7 Å². The van der Waals surface area contributed by atoms with Crippen LogP contribution in [0.3, 0.4) is 0 Å². The third-order valence-electron chi connectivity index (χ3n) is 3.76. The fourth-order valence-corrected chi connectivity index (χ4v) is 2.32. The number of benzene rings is 1. The van der Waals surface area contributed by atoms with E-state index in [4.69, 9.17) is 4.74 Å². The molecule has 0 radical (unpaired) electrons. The van der Waals surface area contributed by atoms with Crippen LogP contribution < -0.4 is 15.4 Å². The van der Waals surface area contributed by atoms with Crippen molar-refractivity contribution >= 4 is 29.9 Å². The van der Waals surface area contributed by atoms with E-state index >= 15 is 0 Å². The molecule has 0 fully saturated rings. The first-order valence-corrected chi connectivity index (χ1v) is 8.74. The summed E-state index contributed by atoms with van der Waals surface area (Å²) in [5.41, 5.74) is 1.19. The predicted molar refractivity (Wildman–Crippen MR) is 117 cm³/mol. The van der Waals surface area contributed by atoms with E-state index in [0.29, 0.717) is 5.92 Å². The Labute approximate surface area is 173 Å². The van der Waals surface area contributed by atoms with Gasteiger partial charge in [0.2, 0.25) is 0 Å². The monoisotopic (exact) mass is 471 g/mol. The summed E-state index contributed by atoms with van der Waals surface area (Å²) < 4.78 is 7.76. The quantitative estimate of drug-likeness (QED) is 0.352. The van der Waals surface area contributed by atoms with Gasteiger partial charge < -0.3 is 19.9 Å². The van der Waals surface area contributed by atoms with E-state index in [1.54, 1.807) is 13.2 Å². The van der Waals surface area contributed by atoms with E-state index in [1.165, 1.54) is 5.56 Å². The van der Waals surface area contributed by atoms with Crippen molar-refractivity contribution in [3.05, 3.63) is 48.5 Å². The molecule has 0 amide bonds. The minimum Gasteiger partial charge on any atom is -0.493 e. The predicted octanol–water partition coefficient (Wildman–Crippen LogP) is 3.46. The van der Waals surface area contributed by atoms with Crippen LogP contribution >= 0.6 is 24.0 Å². The number of guanidine groups is 1. The molecule has 0 aliphatic heterocycles. The number of aromatic nitrogens is 2. The summed E-state index contributed by atoms with van der Waals surface area (Å²) in [4.78, 5) is 8.32. The smallest absolute Gasteiger partial charge is 0.191 e. The van der Waals surface area contributed by atoms with Gasteiger partial charge in [-0.15, -0.1) is 24.0 Å². The van der Waals surface area contributed by atoms with E-state index in [1.807, 2.05) is 29.2 Å². The summed E-state index contributed by atoms with van der Waals surface area (Å²) in [5.74, 6) is 2.22. The van der Waals surface area contributed by atoms with Crippen molar-refractivity contribution in [3.8, 4) is 5.75 Å². The second-order valence-corrected chi connectivity index (χ2v) is 6.44. The van der Waals surface area contributed by atoms with E-state index in [9.17, 15) is 0 Å². The molecule has 0 saturated carbocycles. The first-order valence-electron chi connectivity index (χ1n) is 8.74. The highest BCUT2D eigenvalue weighted by atomic mass is 127. The highest BCUT2D eigenvalue weighted by molar-refractivity contribution is 14.0. The normalized spacial score (nSPS) is 12.4. The van der Waals surface area contributed by atoms with Crippen molar-refractivity contribution in [2.24, 2.45) is 10.9 Å². The Morgan fingerprint density at radius 3 is 2.54 bits per heavy atom. The first kappa shape index (κ1) is 22.3. The number of hydrogen-bond acceptors (Lipinski definition) is 3. The zero-order chi connectivity index (χ0) is 18.1. The first-order chi connectivity index (χ1) is 12.1. The fraction of sp³-hybridized carbons (Fsp3) is 0.474. The van der Waals surface area contributed by atoms with Crippen LogP contribution in [0.25, 0.3) is 0 Å². The van der Waals surface area contributed by atoms with Gasteiger partial charge in [-0.3, -0.25) is 4.99 Å². The average molecular weight is 471 g/mol. The molecule has 0 bridgehead atoms. The fourth-order valence-electron chi connectivity index (χ4n) is 2.32. The largest absolute Gasteiger partial charge is 0.493 e. The molecule has 1 aromatic carbocycles. The van der Waals surface area contributed by atoms with Crippen LogP contribution in [0.15, 0.2) is 48.0 Å². The Hall–Kier alpha value is -1.77. The van der Waals surface area contributed by atoms with Crippen molar-refractivity contribution in [3.63, 3.8) is 0 Å². The molecule has 0 saturated heterocycles. The zero-order valence-corrected chi connectivity index (χ0v) is 18.3. The molecule has 1 aromatic heterocycles. The van der Waals surface area contributed by atoms with Gasteiger partial charge in [0.1, 0.15) is 5.75 Å². The van der Waals surface area contributed by atoms with Crippen molar-refractivity contribution in [1.82, 2.24) is 20.2 Å². The SMILES string of the molecule is CN=C(NCCn1ccnc1)NC(C)c1ccc(OCC(C)C)cc1.I. The number of nitrogens with one attached hydrogen (secondary N) is 2. The summed E-state index contributed by atoms with van der Waals surface area (Å²) in [6.07, 6.45) is 5.54. The summed E-state index contributed by atoms with van der Waals surface area (Å²) in [7, 11) is 1.78. The van der Waals surface area contributed by atoms with Gasteiger partial charge >= 0.3 is 0 Å². The second-order valence-electron chi connectivity index (χ2n) is 6.44. The molecule has 1 unspecified atom stereocenters. The van der Waals surface area contributed by atoms with Gasteiger partial charge in [-0.25, -0.2) is 4.98 Å². The Morgan fingerprint density at radius 1 is 1.23 bits per heavy atom. The van der Waals surface area contributed by atoms with Crippen LogP contribution in [0.2, 0.25) is 0 Å². The molecular formula is C19H30IN5O. The highest BCUT2D eigenvalue weighted by Crippen LogP contribution is 2.18. The summed E-state index contributed by atoms with van der Waals surface area (Å²) >= 11 is 0. The maximum Gasteiger partial charge on any atom is 0.191 e. The third kappa shape index (κ3) is 7.63. The third-order valence-corrected chi connectivity index (χ3v) is 3.76. The van der Waals surface area contributed by atoms with Crippen LogP contribution in [-0.2, 0) is 6.54 Å².